The van der Waals surface area contributed by atoms with E-state index in [1.54, 1.807) is 0 Å². The number of halogens is 2. The summed E-state index contributed by atoms with van der Waals surface area (Å²) in [4.78, 5) is 33.8. The highest BCUT2D eigenvalue weighted by Crippen LogP contribution is 2.20. The predicted octanol–water partition coefficient (Wildman–Crippen LogP) is 1.14. The van der Waals surface area contributed by atoms with Crippen LogP contribution in [0.25, 0.3) is 0 Å². The van der Waals surface area contributed by atoms with E-state index >= 15 is 0 Å². The van der Waals surface area contributed by atoms with Gasteiger partial charge < -0.3 is 15.8 Å². The number of carbonyl (C=O) groups excluding carboxylic acids is 3. The Hall–Kier alpha value is -1.79. The number of hydrogen-bond acceptors (Lipinski definition) is 4. The summed E-state index contributed by atoms with van der Waals surface area (Å²) in [5, 5.41) is 2.86. The fourth-order valence-corrected chi connectivity index (χ4v) is 1.71. The van der Waals surface area contributed by atoms with Gasteiger partial charge in [-0.2, -0.15) is 0 Å². The van der Waals surface area contributed by atoms with Crippen molar-refractivity contribution in [2.45, 2.75) is 13.0 Å². The molecule has 1 atom stereocenters. The normalized spacial score (nSPS) is 11.6. The smallest absolute Gasteiger partial charge is 0.326 e. The molecule has 0 aliphatic rings. The second kappa shape index (κ2) is 7.12. The zero-order valence-electron chi connectivity index (χ0n) is 10.5. The summed E-state index contributed by atoms with van der Waals surface area (Å²) in [7, 11) is 0. The van der Waals surface area contributed by atoms with Gasteiger partial charge in [0, 0.05) is 5.02 Å². The maximum absolute atomic E-state index is 11.8. The summed E-state index contributed by atoms with van der Waals surface area (Å²) in [6.07, 6.45) is -1.06. The number of amides is 2. The summed E-state index contributed by atoms with van der Waals surface area (Å²) in [6, 6.07) is 4.33. The zero-order valence-corrected chi connectivity index (χ0v) is 12.0. The molecule has 2 amide bonds. The number of ether oxygens (including phenoxy) is 1. The van der Waals surface area contributed by atoms with Gasteiger partial charge in [0.2, 0.25) is 0 Å². The third-order valence-corrected chi connectivity index (χ3v) is 2.83. The first kappa shape index (κ1) is 16.3. The van der Waals surface area contributed by atoms with Gasteiger partial charge in [0.25, 0.3) is 11.8 Å². The molecule has 0 saturated heterocycles. The maximum atomic E-state index is 11.8. The van der Waals surface area contributed by atoms with Crippen molar-refractivity contribution >= 4 is 41.0 Å². The first-order valence-electron chi connectivity index (χ1n) is 5.53. The van der Waals surface area contributed by atoms with E-state index < -0.39 is 30.4 Å². The van der Waals surface area contributed by atoms with Crippen LogP contribution in [0.1, 0.15) is 17.3 Å². The van der Waals surface area contributed by atoms with Gasteiger partial charge in [-0.25, -0.2) is 0 Å². The minimum atomic E-state index is -1.06. The summed E-state index contributed by atoms with van der Waals surface area (Å²) in [5.74, 6) is -2.12. The minimum Gasteiger partial charge on any atom is -0.451 e. The van der Waals surface area contributed by atoms with Crippen LogP contribution in [0.2, 0.25) is 10.0 Å². The molecule has 1 aromatic carbocycles. The molecule has 0 radical (unpaired) electrons. The number of rotatable bonds is 5. The van der Waals surface area contributed by atoms with Gasteiger partial charge in [-0.3, -0.25) is 14.4 Å². The van der Waals surface area contributed by atoms with Crippen molar-refractivity contribution in [1.82, 2.24) is 5.32 Å². The molecule has 0 bridgehead atoms. The Labute approximate surface area is 125 Å². The van der Waals surface area contributed by atoms with Crippen LogP contribution in [0.3, 0.4) is 0 Å². The van der Waals surface area contributed by atoms with Gasteiger partial charge in [-0.05, 0) is 25.1 Å². The lowest BCUT2D eigenvalue weighted by Gasteiger charge is -2.10. The van der Waals surface area contributed by atoms with Crippen LogP contribution in [-0.4, -0.2) is 30.4 Å². The monoisotopic (exact) mass is 318 g/mol. The topological polar surface area (TPSA) is 98.5 Å². The molecule has 0 saturated carbocycles. The quantitative estimate of drug-likeness (QED) is 0.795. The molecule has 6 nitrogen and oxygen atoms in total. The fraction of sp³-hybridized carbons (Fsp3) is 0.250. The number of hydrogen-bond donors (Lipinski definition) is 2. The molecule has 1 aromatic rings. The Kier molecular flexibility index (Phi) is 5.79. The van der Waals surface area contributed by atoms with Crippen molar-refractivity contribution in [1.29, 1.82) is 0 Å². The Bertz CT molecular complexity index is 548. The van der Waals surface area contributed by atoms with Gasteiger partial charge in [0.1, 0.15) is 6.54 Å². The van der Waals surface area contributed by atoms with E-state index in [-0.39, 0.29) is 10.6 Å². The molecule has 0 heterocycles. The van der Waals surface area contributed by atoms with Crippen molar-refractivity contribution < 1.29 is 19.1 Å². The van der Waals surface area contributed by atoms with Crippen molar-refractivity contribution in [3.8, 4) is 0 Å². The third-order valence-electron chi connectivity index (χ3n) is 2.28. The Balaban J connectivity index is 2.55. The van der Waals surface area contributed by atoms with E-state index in [1.807, 2.05) is 0 Å². The van der Waals surface area contributed by atoms with Gasteiger partial charge in [-0.15, -0.1) is 0 Å². The highest BCUT2D eigenvalue weighted by Gasteiger charge is 2.16. The lowest BCUT2D eigenvalue weighted by Crippen LogP contribution is -2.36. The van der Waals surface area contributed by atoms with Gasteiger partial charge >= 0.3 is 5.97 Å². The van der Waals surface area contributed by atoms with Gasteiger partial charge in [0.15, 0.2) is 6.10 Å². The predicted molar refractivity (Wildman–Crippen MR) is 73.5 cm³/mol. The second-order valence-corrected chi connectivity index (χ2v) is 4.68. The molecular weight excluding hydrogens is 307 g/mol. The first-order chi connectivity index (χ1) is 9.31. The molecule has 0 aliphatic carbocycles. The molecule has 1 rings (SSSR count). The van der Waals surface area contributed by atoms with E-state index in [0.29, 0.717) is 5.02 Å². The fourth-order valence-electron chi connectivity index (χ4n) is 1.22. The lowest BCUT2D eigenvalue weighted by molar-refractivity contribution is -0.152. The number of nitrogens with two attached hydrogens (primary N) is 1. The second-order valence-electron chi connectivity index (χ2n) is 3.84. The summed E-state index contributed by atoms with van der Waals surface area (Å²) >= 11 is 11.5. The molecular formula is C12H12Cl2N2O4. The molecule has 0 unspecified atom stereocenters. The number of primary amides is 1. The lowest BCUT2D eigenvalue weighted by atomic mass is 10.2. The molecule has 0 fully saturated rings. The maximum Gasteiger partial charge on any atom is 0.326 e. The number of nitrogens with one attached hydrogen (secondary N) is 1. The van der Waals surface area contributed by atoms with Gasteiger partial charge in [-0.1, -0.05) is 23.2 Å². The van der Waals surface area contributed by atoms with Crippen molar-refractivity contribution in [3.05, 3.63) is 33.8 Å². The standard InChI is InChI=1S/C12H12Cl2N2O4/c1-6(11(15)18)20-10(17)5-16-12(19)8-3-2-7(13)4-9(8)14/h2-4,6H,5H2,1H3,(H2,15,18)(H,16,19)/t6-/m1/s1. The molecule has 0 aliphatic heterocycles. The van der Waals surface area contributed by atoms with Crippen molar-refractivity contribution in [2.75, 3.05) is 6.54 Å². The minimum absolute atomic E-state index is 0.161. The summed E-state index contributed by atoms with van der Waals surface area (Å²) < 4.78 is 4.67. The van der Waals surface area contributed by atoms with Crippen LogP contribution in [0.15, 0.2) is 18.2 Å². The van der Waals surface area contributed by atoms with Crippen LogP contribution in [-0.2, 0) is 14.3 Å². The molecule has 0 spiro atoms. The van der Waals surface area contributed by atoms with Crippen LogP contribution in [0, 0.1) is 0 Å². The SMILES string of the molecule is C[C@@H](OC(=O)CNC(=O)c1ccc(Cl)cc1Cl)C(N)=O. The highest BCUT2D eigenvalue weighted by atomic mass is 35.5. The summed E-state index contributed by atoms with van der Waals surface area (Å²) in [6.45, 7) is 0.924. The van der Waals surface area contributed by atoms with Crippen LogP contribution >= 0.6 is 23.2 Å². The highest BCUT2D eigenvalue weighted by molar-refractivity contribution is 6.36. The van der Waals surface area contributed by atoms with E-state index in [9.17, 15) is 14.4 Å². The van der Waals surface area contributed by atoms with Gasteiger partial charge in [0.05, 0.1) is 10.6 Å². The average molecular weight is 319 g/mol. The zero-order chi connectivity index (χ0) is 15.3. The number of carbonyl (C=O) groups is 3. The largest absolute Gasteiger partial charge is 0.451 e. The van der Waals surface area contributed by atoms with Crippen molar-refractivity contribution in [2.24, 2.45) is 5.73 Å². The number of esters is 1. The molecule has 20 heavy (non-hydrogen) atoms. The van der Waals surface area contributed by atoms with E-state index in [1.165, 1.54) is 25.1 Å². The van der Waals surface area contributed by atoms with Crippen molar-refractivity contribution in [3.63, 3.8) is 0 Å². The van der Waals surface area contributed by atoms with E-state index in [0.717, 1.165) is 0 Å². The molecule has 0 aromatic heterocycles. The number of benzene rings is 1. The summed E-state index contributed by atoms with van der Waals surface area (Å²) in [5.41, 5.74) is 5.10. The van der Waals surface area contributed by atoms with Crippen LogP contribution in [0.5, 0.6) is 0 Å². The molecule has 3 N–H and O–H groups in total. The average Bonchev–Trinajstić information content (AvgIpc) is 2.35. The molecule has 8 heteroatoms. The first-order valence-corrected chi connectivity index (χ1v) is 6.29. The third kappa shape index (κ3) is 4.71. The van der Waals surface area contributed by atoms with Crippen LogP contribution in [0.4, 0.5) is 0 Å². The Morgan fingerprint density at radius 2 is 2.00 bits per heavy atom. The van der Waals surface area contributed by atoms with E-state index in [2.05, 4.69) is 10.1 Å². The Morgan fingerprint density at radius 3 is 2.55 bits per heavy atom. The Morgan fingerprint density at radius 1 is 1.35 bits per heavy atom. The van der Waals surface area contributed by atoms with Crippen LogP contribution < -0.4 is 11.1 Å². The molecule has 108 valence electrons. The van der Waals surface area contributed by atoms with E-state index in [4.69, 9.17) is 28.9 Å².